The van der Waals surface area contributed by atoms with Crippen LogP contribution in [-0.4, -0.2) is 5.54 Å². The van der Waals surface area contributed by atoms with Gasteiger partial charge in [0.2, 0.25) is 5.54 Å². The summed E-state index contributed by atoms with van der Waals surface area (Å²) in [6.45, 7) is 11.2. The van der Waals surface area contributed by atoms with E-state index < -0.39 is 0 Å². The molecule has 1 rings (SSSR count). The molecule has 0 aromatic rings. The Morgan fingerprint density at radius 3 is 2.33 bits per heavy atom. The minimum atomic E-state index is -0.109. The predicted molar refractivity (Wildman–Crippen MR) is 51.9 cm³/mol. The molecule has 0 N–H and O–H groups in total. The summed E-state index contributed by atoms with van der Waals surface area (Å²) in [4.78, 5) is 3.66. The highest BCUT2D eigenvalue weighted by Crippen LogP contribution is 2.31. The van der Waals surface area contributed by atoms with E-state index >= 15 is 0 Å². The van der Waals surface area contributed by atoms with Crippen LogP contribution < -0.4 is 0 Å². The van der Waals surface area contributed by atoms with Crippen LogP contribution in [-0.2, 0) is 0 Å². The highest BCUT2D eigenvalue weighted by Gasteiger charge is 2.28. The Morgan fingerprint density at radius 2 is 1.83 bits per heavy atom. The molecule has 0 unspecified atom stereocenters. The second-order valence-corrected chi connectivity index (χ2v) is 4.63. The molecule has 1 fully saturated rings. The van der Waals surface area contributed by atoms with Crippen LogP contribution in [0.15, 0.2) is 0 Å². The summed E-state index contributed by atoms with van der Waals surface area (Å²) in [5.74, 6) is 0.836. The molecular formula is C11H19N. The second kappa shape index (κ2) is 3.94. The molecule has 1 aliphatic carbocycles. The second-order valence-electron chi connectivity index (χ2n) is 4.63. The van der Waals surface area contributed by atoms with Gasteiger partial charge in [0.15, 0.2) is 0 Å². The highest BCUT2D eigenvalue weighted by molar-refractivity contribution is 4.91. The van der Waals surface area contributed by atoms with Crippen molar-refractivity contribution in [2.75, 3.05) is 0 Å². The van der Waals surface area contributed by atoms with Gasteiger partial charge in [-0.1, -0.05) is 32.1 Å². The van der Waals surface area contributed by atoms with Gasteiger partial charge in [0.25, 0.3) is 0 Å². The van der Waals surface area contributed by atoms with E-state index in [1.165, 1.54) is 32.1 Å². The highest BCUT2D eigenvalue weighted by atomic mass is 14.8. The van der Waals surface area contributed by atoms with Crippen molar-refractivity contribution in [1.29, 1.82) is 0 Å². The summed E-state index contributed by atoms with van der Waals surface area (Å²) in [7, 11) is 0. The van der Waals surface area contributed by atoms with Crippen LogP contribution in [0.1, 0.15) is 52.4 Å². The van der Waals surface area contributed by atoms with E-state index in [4.69, 9.17) is 6.57 Å². The van der Waals surface area contributed by atoms with Gasteiger partial charge in [-0.25, -0.2) is 6.57 Å². The van der Waals surface area contributed by atoms with Crippen LogP contribution in [0.25, 0.3) is 4.85 Å². The molecule has 0 aliphatic heterocycles. The van der Waals surface area contributed by atoms with Crippen molar-refractivity contribution in [2.24, 2.45) is 5.92 Å². The standard InChI is InChI=1S/C11H19N/c1-11(2,12-3)9-10-7-5-4-6-8-10/h10H,4-9H2,1-2H3. The van der Waals surface area contributed by atoms with Crippen LogP contribution in [0, 0.1) is 12.5 Å². The average molecular weight is 165 g/mol. The number of hydrogen-bond acceptors (Lipinski definition) is 0. The van der Waals surface area contributed by atoms with E-state index in [0.29, 0.717) is 0 Å². The normalized spacial score (nSPS) is 20.4. The van der Waals surface area contributed by atoms with Crippen LogP contribution >= 0.6 is 0 Å². The molecule has 0 spiro atoms. The minimum absolute atomic E-state index is 0.109. The van der Waals surface area contributed by atoms with Gasteiger partial charge < -0.3 is 4.85 Å². The third-order valence-electron chi connectivity index (χ3n) is 2.82. The number of rotatable bonds is 2. The number of hydrogen-bond donors (Lipinski definition) is 0. The zero-order chi connectivity index (χ0) is 9.03. The lowest BCUT2D eigenvalue weighted by Crippen LogP contribution is -2.21. The summed E-state index contributed by atoms with van der Waals surface area (Å²) < 4.78 is 0. The van der Waals surface area contributed by atoms with Gasteiger partial charge in [-0.15, -0.1) is 0 Å². The summed E-state index contributed by atoms with van der Waals surface area (Å²) in [6, 6.07) is 0. The van der Waals surface area contributed by atoms with Crippen LogP contribution in [0.3, 0.4) is 0 Å². The van der Waals surface area contributed by atoms with Crippen molar-refractivity contribution in [3.8, 4) is 0 Å². The largest absolute Gasteiger partial charge is 0.311 e. The Balaban J connectivity index is 2.35. The van der Waals surface area contributed by atoms with E-state index in [1.807, 2.05) is 0 Å². The van der Waals surface area contributed by atoms with Gasteiger partial charge in [0.05, 0.1) is 0 Å². The van der Waals surface area contributed by atoms with E-state index in [-0.39, 0.29) is 5.54 Å². The smallest absolute Gasteiger partial charge is 0.227 e. The van der Waals surface area contributed by atoms with E-state index in [9.17, 15) is 0 Å². The predicted octanol–water partition coefficient (Wildman–Crippen LogP) is 3.65. The fourth-order valence-electron chi connectivity index (χ4n) is 2.14. The topological polar surface area (TPSA) is 4.36 Å². The SMILES string of the molecule is [C-]#[N+]C(C)(C)CC1CCCCC1. The molecule has 0 bridgehead atoms. The molecule has 1 aliphatic rings. The first-order valence-corrected chi connectivity index (χ1v) is 5.03. The van der Waals surface area contributed by atoms with E-state index in [0.717, 1.165) is 12.3 Å². The Kier molecular flexibility index (Phi) is 3.14. The monoisotopic (exact) mass is 165 g/mol. The molecule has 0 aromatic heterocycles. The van der Waals surface area contributed by atoms with Gasteiger partial charge in [-0.05, 0) is 5.92 Å². The summed E-state index contributed by atoms with van der Waals surface area (Å²) in [5.41, 5.74) is -0.109. The van der Waals surface area contributed by atoms with Crippen molar-refractivity contribution in [3.63, 3.8) is 0 Å². The van der Waals surface area contributed by atoms with Crippen molar-refractivity contribution >= 4 is 0 Å². The molecule has 0 aromatic carbocycles. The van der Waals surface area contributed by atoms with Crippen LogP contribution in [0.2, 0.25) is 0 Å². The Bertz CT molecular complexity index is 170. The van der Waals surface area contributed by atoms with Crippen molar-refractivity contribution in [3.05, 3.63) is 11.4 Å². The van der Waals surface area contributed by atoms with E-state index in [2.05, 4.69) is 18.7 Å². The first kappa shape index (κ1) is 9.58. The lowest BCUT2D eigenvalue weighted by Gasteiger charge is -2.24. The van der Waals surface area contributed by atoms with Gasteiger partial charge in [-0.2, -0.15) is 0 Å². The zero-order valence-electron chi connectivity index (χ0n) is 8.27. The quantitative estimate of drug-likeness (QED) is 0.550. The third kappa shape index (κ3) is 2.85. The first-order chi connectivity index (χ1) is 5.64. The Labute approximate surface area is 76.0 Å². The molecule has 0 radical (unpaired) electrons. The third-order valence-corrected chi connectivity index (χ3v) is 2.82. The molecular weight excluding hydrogens is 146 g/mol. The lowest BCUT2D eigenvalue weighted by molar-refractivity contribution is 0.301. The van der Waals surface area contributed by atoms with Gasteiger partial charge >= 0.3 is 0 Å². The maximum absolute atomic E-state index is 7.05. The van der Waals surface area contributed by atoms with Crippen molar-refractivity contribution in [1.82, 2.24) is 0 Å². The van der Waals surface area contributed by atoms with E-state index in [1.54, 1.807) is 0 Å². The summed E-state index contributed by atoms with van der Waals surface area (Å²) >= 11 is 0. The Morgan fingerprint density at radius 1 is 1.25 bits per heavy atom. The molecule has 68 valence electrons. The zero-order valence-corrected chi connectivity index (χ0v) is 8.27. The summed E-state index contributed by atoms with van der Waals surface area (Å²) in [6.07, 6.45) is 8.01. The van der Waals surface area contributed by atoms with Crippen molar-refractivity contribution < 1.29 is 0 Å². The fraction of sp³-hybridized carbons (Fsp3) is 0.909. The maximum atomic E-state index is 7.05. The first-order valence-electron chi connectivity index (χ1n) is 5.03. The van der Waals surface area contributed by atoms with Gasteiger partial charge in [0.1, 0.15) is 0 Å². The van der Waals surface area contributed by atoms with Crippen molar-refractivity contribution in [2.45, 2.75) is 57.9 Å². The fourth-order valence-corrected chi connectivity index (χ4v) is 2.14. The number of nitrogens with zero attached hydrogens (tertiary/aromatic N) is 1. The molecule has 0 saturated heterocycles. The van der Waals surface area contributed by atoms with Crippen LogP contribution in [0.4, 0.5) is 0 Å². The molecule has 1 nitrogen and oxygen atoms in total. The lowest BCUT2D eigenvalue weighted by atomic mass is 9.81. The molecule has 0 heterocycles. The molecule has 1 saturated carbocycles. The van der Waals surface area contributed by atoms with Gasteiger partial charge in [0, 0.05) is 20.3 Å². The average Bonchev–Trinajstić information content (AvgIpc) is 2.06. The van der Waals surface area contributed by atoms with Crippen LogP contribution in [0.5, 0.6) is 0 Å². The molecule has 12 heavy (non-hydrogen) atoms. The molecule has 1 heteroatoms. The Hall–Kier alpha value is -0.510. The van der Waals surface area contributed by atoms with Gasteiger partial charge in [-0.3, -0.25) is 0 Å². The summed E-state index contributed by atoms with van der Waals surface area (Å²) in [5, 5.41) is 0. The minimum Gasteiger partial charge on any atom is -0.311 e. The maximum Gasteiger partial charge on any atom is 0.227 e. The molecule has 0 atom stereocenters. The molecule has 0 amide bonds.